The second kappa shape index (κ2) is 4.68. The highest BCUT2D eigenvalue weighted by atomic mass is 32.2. The minimum atomic E-state index is 0.00949. The highest BCUT2D eigenvalue weighted by Crippen LogP contribution is 2.08. The van der Waals surface area contributed by atoms with Crippen molar-refractivity contribution in [2.24, 2.45) is 0 Å². The number of Topliss-reactive ketones (excluding diaryl/α,β-unsaturated/α-hetero) is 1. The van der Waals surface area contributed by atoms with E-state index in [0.717, 1.165) is 17.3 Å². The lowest BCUT2D eigenvalue weighted by molar-refractivity contribution is 0.102. The van der Waals surface area contributed by atoms with Crippen molar-refractivity contribution >= 4 is 17.5 Å². The number of aryl methyl sites for hydroxylation is 1. The van der Waals surface area contributed by atoms with E-state index in [4.69, 9.17) is 5.26 Å². The molecule has 0 unspecified atom stereocenters. The highest BCUT2D eigenvalue weighted by Gasteiger charge is 2.04. The maximum absolute atomic E-state index is 11.4. The topological polar surface area (TPSA) is 40.9 Å². The van der Waals surface area contributed by atoms with Crippen LogP contribution < -0.4 is 0 Å². The zero-order chi connectivity index (χ0) is 9.68. The summed E-state index contributed by atoms with van der Waals surface area (Å²) in [5.41, 5.74) is 1.75. The van der Waals surface area contributed by atoms with Gasteiger partial charge in [-0.2, -0.15) is 5.26 Å². The first-order valence-corrected chi connectivity index (χ1v) is 4.83. The van der Waals surface area contributed by atoms with E-state index in [9.17, 15) is 4.79 Å². The molecule has 0 spiro atoms. The molecule has 1 aromatic rings. The van der Waals surface area contributed by atoms with Gasteiger partial charge in [0, 0.05) is 5.56 Å². The molecular formula is C10H9NOS. The first-order chi connectivity index (χ1) is 6.24. The van der Waals surface area contributed by atoms with Crippen LogP contribution in [-0.4, -0.2) is 11.5 Å². The molecular weight excluding hydrogens is 182 g/mol. The molecule has 0 radical (unpaired) electrons. The largest absolute Gasteiger partial charge is 0.293 e. The van der Waals surface area contributed by atoms with Gasteiger partial charge in [0.2, 0.25) is 0 Å². The molecule has 0 aliphatic carbocycles. The van der Waals surface area contributed by atoms with Crippen LogP contribution in [0.3, 0.4) is 0 Å². The second-order valence-corrected chi connectivity index (χ2v) is 3.43. The first-order valence-electron chi connectivity index (χ1n) is 3.85. The van der Waals surface area contributed by atoms with Crippen LogP contribution in [0, 0.1) is 17.6 Å². The number of ketones is 1. The van der Waals surface area contributed by atoms with E-state index in [1.54, 1.807) is 6.07 Å². The van der Waals surface area contributed by atoms with E-state index in [2.05, 4.69) is 0 Å². The van der Waals surface area contributed by atoms with Crippen LogP contribution in [0.25, 0.3) is 0 Å². The second-order valence-electron chi connectivity index (χ2n) is 2.67. The van der Waals surface area contributed by atoms with E-state index < -0.39 is 0 Å². The number of hydrogen-bond acceptors (Lipinski definition) is 3. The lowest BCUT2D eigenvalue weighted by Gasteiger charge is -1.98. The summed E-state index contributed by atoms with van der Waals surface area (Å²) < 4.78 is 0. The molecule has 2 nitrogen and oxygen atoms in total. The minimum absolute atomic E-state index is 0.00949. The highest BCUT2D eigenvalue weighted by molar-refractivity contribution is 8.04. The maximum atomic E-state index is 11.4. The number of nitriles is 1. The Morgan fingerprint density at radius 2 is 2.38 bits per heavy atom. The van der Waals surface area contributed by atoms with Crippen LogP contribution >= 0.6 is 11.8 Å². The molecule has 0 aromatic heterocycles. The average molecular weight is 191 g/mol. The molecule has 0 saturated carbocycles. The van der Waals surface area contributed by atoms with Gasteiger partial charge in [-0.3, -0.25) is 4.79 Å². The van der Waals surface area contributed by atoms with E-state index in [1.807, 2.05) is 30.5 Å². The summed E-state index contributed by atoms with van der Waals surface area (Å²) in [5, 5.41) is 10.2. The zero-order valence-electron chi connectivity index (χ0n) is 7.28. The van der Waals surface area contributed by atoms with Crippen molar-refractivity contribution in [2.45, 2.75) is 6.92 Å². The number of thioether (sulfide) groups is 1. The summed E-state index contributed by atoms with van der Waals surface area (Å²) in [7, 11) is 0. The van der Waals surface area contributed by atoms with Gasteiger partial charge in [0.25, 0.3) is 0 Å². The Balaban J connectivity index is 2.72. The molecule has 0 fully saturated rings. The number of nitrogens with zero attached hydrogens (tertiary/aromatic N) is 1. The summed E-state index contributed by atoms with van der Waals surface area (Å²) >= 11 is 0.973. The molecule has 66 valence electrons. The van der Waals surface area contributed by atoms with Gasteiger partial charge in [-0.05, 0) is 24.8 Å². The van der Waals surface area contributed by atoms with Crippen molar-refractivity contribution in [1.29, 1.82) is 5.26 Å². The molecule has 0 saturated heterocycles. The van der Waals surface area contributed by atoms with Crippen LogP contribution in [0.2, 0.25) is 0 Å². The normalized spacial score (nSPS) is 9.23. The van der Waals surface area contributed by atoms with Crippen LogP contribution in [0.15, 0.2) is 24.3 Å². The number of carbonyl (C=O) groups is 1. The van der Waals surface area contributed by atoms with Gasteiger partial charge in [0.05, 0.1) is 5.75 Å². The Bertz CT molecular complexity index is 354. The summed E-state index contributed by atoms with van der Waals surface area (Å²) in [6.07, 6.45) is 0. The van der Waals surface area contributed by atoms with Crippen molar-refractivity contribution in [3.8, 4) is 5.40 Å². The van der Waals surface area contributed by atoms with Crippen molar-refractivity contribution in [3.63, 3.8) is 0 Å². The smallest absolute Gasteiger partial charge is 0.173 e. The van der Waals surface area contributed by atoms with Gasteiger partial charge < -0.3 is 0 Å². The molecule has 1 rings (SSSR count). The minimum Gasteiger partial charge on any atom is -0.293 e. The Labute approximate surface area is 81.6 Å². The third-order valence-electron chi connectivity index (χ3n) is 1.61. The van der Waals surface area contributed by atoms with Gasteiger partial charge in [-0.15, -0.1) is 0 Å². The molecule has 0 aliphatic rings. The maximum Gasteiger partial charge on any atom is 0.173 e. The van der Waals surface area contributed by atoms with Gasteiger partial charge in [-0.25, -0.2) is 0 Å². The standard InChI is InChI=1S/C10H9NOS/c1-8-3-2-4-9(5-8)10(12)6-13-7-11/h2-5H,6H2,1H3. The Hall–Kier alpha value is -1.27. The van der Waals surface area contributed by atoms with Crippen LogP contribution in [-0.2, 0) is 0 Å². The summed E-state index contributed by atoms with van der Waals surface area (Å²) in [4.78, 5) is 11.4. The lowest BCUT2D eigenvalue weighted by Crippen LogP contribution is -2.01. The van der Waals surface area contributed by atoms with Gasteiger partial charge >= 0.3 is 0 Å². The van der Waals surface area contributed by atoms with Crippen molar-refractivity contribution in [2.75, 3.05) is 5.75 Å². The third-order valence-corrected chi connectivity index (χ3v) is 2.14. The monoisotopic (exact) mass is 191 g/mol. The predicted molar refractivity (Wildman–Crippen MR) is 53.6 cm³/mol. The fraction of sp³-hybridized carbons (Fsp3) is 0.200. The van der Waals surface area contributed by atoms with Crippen molar-refractivity contribution in [1.82, 2.24) is 0 Å². The number of rotatable bonds is 3. The lowest BCUT2D eigenvalue weighted by atomic mass is 10.1. The number of hydrogen-bond donors (Lipinski definition) is 0. The molecule has 3 heteroatoms. The summed E-state index contributed by atoms with van der Waals surface area (Å²) in [6.45, 7) is 1.94. The third kappa shape index (κ3) is 2.92. The number of benzene rings is 1. The molecule has 0 heterocycles. The SMILES string of the molecule is Cc1cccc(C(=O)CSC#N)c1. The fourth-order valence-electron chi connectivity index (χ4n) is 1.000. The predicted octanol–water partition coefficient (Wildman–Crippen LogP) is 2.39. The molecule has 0 aliphatic heterocycles. The van der Waals surface area contributed by atoms with Crippen LogP contribution in [0.1, 0.15) is 15.9 Å². The van der Waals surface area contributed by atoms with Gasteiger partial charge in [0.1, 0.15) is 5.40 Å². The molecule has 0 atom stereocenters. The summed E-state index contributed by atoms with van der Waals surface area (Å²) in [5.74, 6) is 0.246. The van der Waals surface area contributed by atoms with E-state index in [1.165, 1.54) is 0 Å². The number of carbonyl (C=O) groups excluding carboxylic acids is 1. The average Bonchev–Trinajstić information content (AvgIpc) is 2.14. The molecule has 0 N–H and O–H groups in total. The Morgan fingerprint density at radius 1 is 1.62 bits per heavy atom. The van der Waals surface area contributed by atoms with Gasteiger partial charge in [0.15, 0.2) is 5.78 Å². The van der Waals surface area contributed by atoms with Gasteiger partial charge in [-0.1, -0.05) is 23.8 Å². The number of thiocyanates is 1. The quantitative estimate of drug-likeness (QED) is 0.544. The fourth-order valence-corrected chi connectivity index (χ4v) is 1.36. The summed E-state index contributed by atoms with van der Waals surface area (Å²) in [6, 6.07) is 7.39. The first kappa shape index (κ1) is 9.82. The van der Waals surface area contributed by atoms with Crippen molar-refractivity contribution < 1.29 is 4.79 Å². The molecule has 0 bridgehead atoms. The molecule has 1 aromatic carbocycles. The Kier molecular flexibility index (Phi) is 3.53. The molecule has 0 amide bonds. The Morgan fingerprint density at radius 3 is 3.00 bits per heavy atom. The van der Waals surface area contributed by atoms with E-state index in [-0.39, 0.29) is 11.5 Å². The zero-order valence-corrected chi connectivity index (χ0v) is 8.10. The van der Waals surface area contributed by atoms with Crippen LogP contribution in [0.4, 0.5) is 0 Å². The van der Waals surface area contributed by atoms with Crippen LogP contribution in [0.5, 0.6) is 0 Å². The van der Waals surface area contributed by atoms with E-state index in [0.29, 0.717) is 5.56 Å². The van der Waals surface area contributed by atoms with E-state index >= 15 is 0 Å². The van der Waals surface area contributed by atoms with Crippen molar-refractivity contribution in [3.05, 3.63) is 35.4 Å². The molecule has 13 heavy (non-hydrogen) atoms.